The molecule has 1 aromatic carbocycles. The van der Waals surface area contributed by atoms with E-state index in [1.807, 2.05) is 18.5 Å². The van der Waals surface area contributed by atoms with Gasteiger partial charge in [-0.1, -0.05) is 18.6 Å². The molecule has 3 heteroatoms. The predicted molar refractivity (Wildman–Crippen MR) is 87.6 cm³/mol. The fraction of sp³-hybridized carbons (Fsp3) is 0.222. The number of benzene rings is 1. The number of aryl methyl sites for hydroxylation is 2. The van der Waals surface area contributed by atoms with E-state index in [-0.39, 0.29) is 0 Å². The fourth-order valence-corrected chi connectivity index (χ4v) is 3.08. The number of nitrogens with zero attached hydrogens (tertiary/aromatic N) is 3. The molecule has 0 aliphatic carbocycles. The first-order chi connectivity index (χ1) is 10.3. The second-order valence-corrected chi connectivity index (χ2v) is 5.60. The third-order valence-corrected chi connectivity index (χ3v) is 4.04. The Kier molecular flexibility index (Phi) is 2.67. The van der Waals surface area contributed by atoms with Crippen molar-refractivity contribution in [2.75, 3.05) is 0 Å². The highest BCUT2D eigenvalue weighted by Gasteiger charge is 2.12. The van der Waals surface area contributed by atoms with Gasteiger partial charge in [0.1, 0.15) is 5.65 Å². The lowest BCUT2D eigenvalue weighted by Crippen LogP contribution is -1.97. The lowest BCUT2D eigenvalue weighted by Gasteiger charge is -2.05. The topological polar surface area (TPSA) is 30.7 Å². The molecule has 3 heterocycles. The Balaban J connectivity index is 2.22. The molecule has 0 radical (unpaired) electrons. The van der Waals surface area contributed by atoms with Crippen LogP contribution in [0.25, 0.3) is 32.8 Å². The summed E-state index contributed by atoms with van der Waals surface area (Å²) in [6.45, 7) is 5.33. The Morgan fingerprint density at radius 1 is 1.10 bits per heavy atom. The summed E-state index contributed by atoms with van der Waals surface area (Å²) in [5.74, 6) is 0. The molecule has 21 heavy (non-hydrogen) atoms. The van der Waals surface area contributed by atoms with Crippen LogP contribution in [0.15, 0.2) is 42.7 Å². The summed E-state index contributed by atoms with van der Waals surface area (Å²) in [6, 6.07) is 10.9. The molecule has 0 aliphatic heterocycles. The van der Waals surface area contributed by atoms with Gasteiger partial charge in [0, 0.05) is 28.9 Å². The number of aromatic nitrogens is 3. The average Bonchev–Trinajstić information content (AvgIpc) is 2.79. The fourth-order valence-electron chi connectivity index (χ4n) is 3.08. The van der Waals surface area contributed by atoms with Crippen molar-refractivity contribution >= 4 is 32.8 Å². The Hall–Kier alpha value is -2.42. The average molecular weight is 275 g/mol. The van der Waals surface area contributed by atoms with Crippen molar-refractivity contribution in [3.63, 3.8) is 0 Å². The second-order valence-electron chi connectivity index (χ2n) is 5.60. The van der Waals surface area contributed by atoms with Gasteiger partial charge < -0.3 is 4.57 Å². The molecule has 4 aromatic rings. The maximum absolute atomic E-state index is 4.86. The molecule has 0 spiro atoms. The SMILES string of the molecule is CCCn1c2ccc(C)cc2c2cc3ccncc3nc21. The van der Waals surface area contributed by atoms with Gasteiger partial charge in [0.15, 0.2) is 0 Å². The molecule has 0 fully saturated rings. The summed E-state index contributed by atoms with van der Waals surface area (Å²) < 4.78 is 2.33. The van der Waals surface area contributed by atoms with E-state index in [9.17, 15) is 0 Å². The predicted octanol–water partition coefficient (Wildman–Crippen LogP) is 4.46. The van der Waals surface area contributed by atoms with E-state index in [1.165, 1.54) is 21.9 Å². The van der Waals surface area contributed by atoms with Crippen LogP contribution in [0, 0.1) is 6.92 Å². The molecule has 0 saturated carbocycles. The van der Waals surface area contributed by atoms with E-state index < -0.39 is 0 Å². The number of hydrogen-bond donors (Lipinski definition) is 0. The largest absolute Gasteiger partial charge is 0.325 e. The molecule has 0 bridgehead atoms. The van der Waals surface area contributed by atoms with Crippen LogP contribution < -0.4 is 0 Å². The first-order valence-electron chi connectivity index (χ1n) is 7.41. The molecular formula is C18H17N3. The van der Waals surface area contributed by atoms with Gasteiger partial charge in [-0.2, -0.15) is 0 Å². The third kappa shape index (κ3) is 1.81. The molecule has 0 unspecified atom stereocenters. The summed E-state index contributed by atoms with van der Waals surface area (Å²) >= 11 is 0. The van der Waals surface area contributed by atoms with Crippen molar-refractivity contribution < 1.29 is 0 Å². The quantitative estimate of drug-likeness (QED) is 0.541. The molecule has 0 atom stereocenters. The number of fused-ring (bicyclic) bond motifs is 4. The normalized spacial score (nSPS) is 11.7. The minimum Gasteiger partial charge on any atom is -0.325 e. The summed E-state index contributed by atoms with van der Waals surface area (Å²) in [4.78, 5) is 9.06. The Morgan fingerprint density at radius 2 is 2.00 bits per heavy atom. The molecule has 0 aliphatic rings. The first-order valence-corrected chi connectivity index (χ1v) is 7.41. The highest BCUT2D eigenvalue weighted by molar-refractivity contribution is 6.10. The Labute approximate surface area is 123 Å². The first kappa shape index (κ1) is 12.3. The van der Waals surface area contributed by atoms with Crippen LogP contribution >= 0.6 is 0 Å². The van der Waals surface area contributed by atoms with E-state index in [0.29, 0.717) is 0 Å². The van der Waals surface area contributed by atoms with Crippen LogP contribution in [0.2, 0.25) is 0 Å². The zero-order valence-electron chi connectivity index (χ0n) is 12.3. The van der Waals surface area contributed by atoms with Gasteiger partial charge >= 0.3 is 0 Å². The van der Waals surface area contributed by atoms with Crippen molar-refractivity contribution in [2.45, 2.75) is 26.8 Å². The van der Waals surface area contributed by atoms with Crippen molar-refractivity contribution in [3.05, 3.63) is 48.3 Å². The molecule has 3 aromatic heterocycles. The molecule has 0 N–H and O–H groups in total. The Bertz CT molecular complexity index is 966. The van der Waals surface area contributed by atoms with Gasteiger partial charge in [-0.15, -0.1) is 0 Å². The van der Waals surface area contributed by atoms with Crippen LogP contribution in [0.3, 0.4) is 0 Å². The molecule has 3 nitrogen and oxygen atoms in total. The third-order valence-electron chi connectivity index (χ3n) is 4.04. The van der Waals surface area contributed by atoms with Crippen LogP contribution in [-0.4, -0.2) is 14.5 Å². The van der Waals surface area contributed by atoms with E-state index in [1.54, 1.807) is 0 Å². The minimum absolute atomic E-state index is 0.960. The van der Waals surface area contributed by atoms with Crippen molar-refractivity contribution in [1.82, 2.24) is 14.5 Å². The van der Waals surface area contributed by atoms with Crippen molar-refractivity contribution in [1.29, 1.82) is 0 Å². The highest BCUT2D eigenvalue weighted by atomic mass is 15.0. The van der Waals surface area contributed by atoms with Crippen LogP contribution in [-0.2, 0) is 6.54 Å². The van der Waals surface area contributed by atoms with Gasteiger partial charge in [0.25, 0.3) is 0 Å². The molecule has 0 saturated heterocycles. The summed E-state index contributed by atoms with van der Waals surface area (Å²) in [6.07, 6.45) is 4.76. The second kappa shape index (κ2) is 4.55. The number of rotatable bonds is 2. The summed E-state index contributed by atoms with van der Waals surface area (Å²) in [7, 11) is 0. The zero-order chi connectivity index (χ0) is 14.4. The van der Waals surface area contributed by atoms with Crippen LogP contribution in [0.5, 0.6) is 0 Å². The molecule has 104 valence electrons. The summed E-state index contributed by atoms with van der Waals surface area (Å²) in [5, 5.41) is 3.68. The number of pyridine rings is 2. The van der Waals surface area contributed by atoms with Gasteiger partial charge in [0.2, 0.25) is 0 Å². The standard InChI is InChI=1S/C18H17N3/c1-3-8-21-17-5-4-12(2)9-14(17)15-10-13-6-7-19-11-16(13)20-18(15)21/h4-7,9-11H,3,8H2,1-2H3. The number of hydrogen-bond acceptors (Lipinski definition) is 2. The lowest BCUT2D eigenvalue weighted by atomic mass is 10.1. The van der Waals surface area contributed by atoms with Crippen molar-refractivity contribution in [2.24, 2.45) is 0 Å². The van der Waals surface area contributed by atoms with E-state index >= 15 is 0 Å². The minimum atomic E-state index is 0.960. The van der Waals surface area contributed by atoms with E-state index in [4.69, 9.17) is 4.98 Å². The van der Waals surface area contributed by atoms with E-state index in [2.05, 4.69) is 47.7 Å². The lowest BCUT2D eigenvalue weighted by molar-refractivity contribution is 0.718. The van der Waals surface area contributed by atoms with E-state index in [0.717, 1.165) is 29.5 Å². The van der Waals surface area contributed by atoms with Crippen LogP contribution in [0.4, 0.5) is 0 Å². The van der Waals surface area contributed by atoms with Gasteiger partial charge in [-0.25, -0.2) is 4.98 Å². The smallest absolute Gasteiger partial charge is 0.141 e. The molecule has 0 amide bonds. The highest BCUT2D eigenvalue weighted by Crippen LogP contribution is 2.31. The monoisotopic (exact) mass is 275 g/mol. The summed E-state index contributed by atoms with van der Waals surface area (Å²) in [5.41, 5.74) is 4.58. The van der Waals surface area contributed by atoms with Gasteiger partial charge in [-0.3, -0.25) is 4.98 Å². The molecule has 4 rings (SSSR count). The van der Waals surface area contributed by atoms with Gasteiger partial charge in [0.05, 0.1) is 17.2 Å². The maximum Gasteiger partial charge on any atom is 0.141 e. The molecular weight excluding hydrogens is 258 g/mol. The Morgan fingerprint density at radius 3 is 2.86 bits per heavy atom. The van der Waals surface area contributed by atoms with Crippen molar-refractivity contribution in [3.8, 4) is 0 Å². The zero-order valence-corrected chi connectivity index (χ0v) is 12.3. The maximum atomic E-state index is 4.86. The van der Waals surface area contributed by atoms with Gasteiger partial charge in [-0.05, 0) is 37.6 Å². The van der Waals surface area contributed by atoms with Crippen LogP contribution in [0.1, 0.15) is 18.9 Å².